The monoisotopic (exact) mass is 224 g/mol. The fourth-order valence-corrected chi connectivity index (χ4v) is 1.46. The molecule has 3 nitrogen and oxygen atoms in total. The summed E-state index contributed by atoms with van der Waals surface area (Å²) in [5.41, 5.74) is 0. The van der Waals surface area contributed by atoms with Crippen molar-refractivity contribution in [1.82, 2.24) is 0 Å². The summed E-state index contributed by atoms with van der Waals surface area (Å²) in [5.74, 6) is 1.86. The summed E-state index contributed by atoms with van der Waals surface area (Å²) in [7, 11) is 1.60. The van der Waals surface area contributed by atoms with E-state index in [4.69, 9.17) is 14.2 Å². The lowest BCUT2D eigenvalue weighted by molar-refractivity contribution is -0.00480. The van der Waals surface area contributed by atoms with E-state index in [0.717, 1.165) is 17.9 Å². The number of rotatable bonds is 6. The van der Waals surface area contributed by atoms with Crippen LogP contribution in [0.2, 0.25) is 0 Å². The van der Waals surface area contributed by atoms with E-state index in [0.29, 0.717) is 5.92 Å². The van der Waals surface area contributed by atoms with Gasteiger partial charge in [-0.05, 0) is 32.4 Å². The molecule has 0 spiro atoms. The molecule has 1 rings (SSSR count). The molecule has 0 heterocycles. The smallest absolute Gasteiger partial charge is 0.188 e. The molecule has 0 fully saturated rings. The van der Waals surface area contributed by atoms with E-state index in [1.807, 2.05) is 32.1 Å². The molecule has 0 aliphatic heterocycles. The maximum atomic E-state index is 5.70. The fraction of sp³-hybridized carbons (Fsp3) is 0.538. The molecular formula is C13H20O3. The van der Waals surface area contributed by atoms with Crippen molar-refractivity contribution in [2.45, 2.75) is 26.4 Å². The van der Waals surface area contributed by atoms with E-state index in [-0.39, 0.29) is 12.9 Å². The normalized spacial score (nSPS) is 20.1. The van der Waals surface area contributed by atoms with Crippen molar-refractivity contribution >= 4 is 0 Å². The zero-order valence-corrected chi connectivity index (χ0v) is 10.2. The zero-order valence-electron chi connectivity index (χ0n) is 10.2. The van der Waals surface area contributed by atoms with Crippen LogP contribution in [0.25, 0.3) is 0 Å². The van der Waals surface area contributed by atoms with E-state index < -0.39 is 0 Å². The standard InChI is InChI=1S/C13H20O3/c1-5-11-6-7-12(15-9-14-4)13(8-11)16-10(2)3/h5,7-8,10-11H,1,6,9H2,2-4H3. The van der Waals surface area contributed by atoms with Crippen molar-refractivity contribution in [2.75, 3.05) is 13.9 Å². The third kappa shape index (κ3) is 3.74. The van der Waals surface area contributed by atoms with Crippen molar-refractivity contribution in [3.8, 4) is 0 Å². The van der Waals surface area contributed by atoms with Gasteiger partial charge in [-0.15, -0.1) is 6.58 Å². The van der Waals surface area contributed by atoms with Crippen LogP contribution in [0.15, 0.2) is 36.3 Å². The van der Waals surface area contributed by atoms with Crippen LogP contribution in [0.4, 0.5) is 0 Å². The summed E-state index contributed by atoms with van der Waals surface area (Å²) >= 11 is 0. The molecule has 90 valence electrons. The molecular weight excluding hydrogens is 204 g/mol. The Bertz CT molecular complexity index is 290. The Labute approximate surface area is 97.4 Å². The molecule has 0 N–H and O–H groups in total. The number of hydrogen-bond donors (Lipinski definition) is 0. The second-order valence-electron chi connectivity index (χ2n) is 3.95. The minimum atomic E-state index is 0.129. The first kappa shape index (κ1) is 12.8. The van der Waals surface area contributed by atoms with Gasteiger partial charge in [0.15, 0.2) is 18.3 Å². The highest BCUT2D eigenvalue weighted by atomic mass is 16.7. The average Bonchev–Trinajstić information content (AvgIpc) is 2.26. The molecule has 1 unspecified atom stereocenters. The summed E-state index contributed by atoms with van der Waals surface area (Å²) < 4.78 is 16.0. The van der Waals surface area contributed by atoms with Gasteiger partial charge in [-0.25, -0.2) is 0 Å². The van der Waals surface area contributed by atoms with Gasteiger partial charge < -0.3 is 14.2 Å². The third-order valence-corrected chi connectivity index (χ3v) is 2.18. The van der Waals surface area contributed by atoms with Gasteiger partial charge in [-0.3, -0.25) is 0 Å². The lowest BCUT2D eigenvalue weighted by atomic mass is 9.99. The molecule has 0 saturated carbocycles. The zero-order chi connectivity index (χ0) is 12.0. The van der Waals surface area contributed by atoms with Crippen LogP contribution in [-0.4, -0.2) is 20.0 Å². The number of ether oxygens (including phenoxy) is 3. The third-order valence-electron chi connectivity index (χ3n) is 2.18. The minimum absolute atomic E-state index is 0.129. The predicted octanol–water partition coefficient (Wildman–Crippen LogP) is 3.01. The van der Waals surface area contributed by atoms with Gasteiger partial charge in [0.2, 0.25) is 0 Å². The first-order valence-electron chi connectivity index (χ1n) is 5.50. The molecule has 0 saturated heterocycles. The van der Waals surface area contributed by atoms with Gasteiger partial charge in [-0.1, -0.05) is 6.08 Å². The highest BCUT2D eigenvalue weighted by molar-refractivity contribution is 5.27. The second kappa shape index (κ2) is 6.38. The lowest BCUT2D eigenvalue weighted by Crippen LogP contribution is -2.12. The average molecular weight is 224 g/mol. The Morgan fingerprint density at radius 3 is 2.81 bits per heavy atom. The Hall–Kier alpha value is -1.22. The summed E-state index contributed by atoms with van der Waals surface area (Å²) in [6, 6.07) is 0. The first-order chi connectivity index (χ1) is 7.67. The fourth-order valence-electron chi connectivity index (χ4n) is 1.46. The van der Waals surface area contributed by atoms with Gasteiger partial charge >= 0.3 is 0 Å². The molecule has 1 aliphatic rings. The van der Waals surface area contributed by atoms with Gasteiger partial charge in [0.25, 0.3) is 0 Å². The van der Waals surface area contributed by atoms with Gasteiger partial charge in [0.1, 0.15) is 0 Å². The maximum absolute atomic E-state index is 5.70. The molecule has 16 heavy (non-hydrogen) atoms. The molecule has 0 aromatic heterocycles. The molecule has 0 aromatic rings. The first-order valence-corrected chi connectivity index (χ1v) is 5.50. The van der Waals surface area contributed by atoms with Crippen LogP contribution in [0.5, 0.6) is 0 Å². The van der Waals surface area contributed by atoms with Crippen molar-refractivity contribution < 1.29 is 14.2 Å². The molecule has 0 amide bonds. The summed E-state index contributed by atoms with van der Waals surface area (Å²) in [6.07, 6.45) is 6.99. The van der Waals surface area contributed by atoms with Crippen LogP contribution in [0.3, 0.4) is 0 Å². The Kier molecular flexibility index (Phi) is 5.12. The summed E-state index contributed by atoms with van der Waals surface area (Å²) in [4.78, 5) is 0. The summed E-state index contributed by atoms with van der Waals surface area (Å²) in [6.45, 7) is 8.01. The van der Waals surface area contributed by atoms with Crippen LogP contribution >= 0.6 is 0 Å². The Morgan fingerprint density at radius 1 is 1.50 bits per heavy atom. The van der Waals surface area contributed by atoms with E-state index in [1.54, 1.807) is 7.11 Å². The largest absolute Gasteiger partial charge is 0.487 e. The van der Waals surface area contributed by atoms with Crippen LogP contribution < -0.4 is 0 Å². The maximum Gasteiger partial charge on any atom is 0.188 e. The molecule has 1 aliphatic carbocycles. The molecule has 1 atom stereocenters. The lowest BCUT2D eigenvalue weighted by Gasteiger charge is -2.22. The van der Waals surface area contributed by atoms with Crippen LogP contribution in [0.1, 0.15) is 20.3 Å². The Balaban J connectivity index is 2.70. The van der Waals surface area contributed by atoms with Crippen molar-refractivity contribution in [3.05, 3.63) is 36.3 Å². The number of methoxy groups -OCH3 is 1. The highest BCUT2D eigenvalue weighted by Gasteiger charge is 2.17. The molecule has 0 bridgehead atoms. The number of allylic oxidation sites excluding steroid dienone is 3. The molecule has 3 heteroatoms. The van der Waals surface area contributed by atoms with E-state index in [1.165, 1.54) is 0 Å². The highest BCUT2D eigenvalue weighted by Crippen LogP contribution is 2.26. The number of hydrogen-bond acceptors (Lipinski definition) is 3. The van der Waals surface area contributed by atoms with Crippen molar-refractivity contribution in [2.24, 2.45) is 5.92 Å². The van der Waals surface area contributed by atoms with Crippen LogP contribution in [-0.2, 0) is 14.2 Å². The van der Waals surface area contributed by atoms with Crippen molar-refractivity contribution in [1.29, 1.82) is 0 Å². The quantitative estimate of drug-likeness (QED) is 0.512. The van der Waals surface area contributed by atoms with Crippen LogP contribution in [0, 0.1) is 5.92 Å². The topological polar surface area (TPSA) is 27.7 Å². The Morgan fingerprint density at radius 2 is 2.25 bits per heavy atom. The van der Waals surface area contributed by atoms with Gasteiger partial charge in [0, 0.05) is 13.0 Å². The van der Waals surface area contributed by atoms with E-state index in [2.05, 4.69) is 6.58 Å². The van der Waals surface area contributed by atoms with E-state index in [9.17, 15) is 0 Å². The van der Waals surface area contributed by atoms with Gasteiger partial charge in [0.05, 0.1) is 6.10 Å². The predicted molar refractivity (Wildman–Crippen MR) is 63.7 cm³/mol. The van der Waals surface area contributed by atoms with Crippen molar-refractivity contribution in [3.63, 3.8) is 0 Å². The second-order valence-corrected chi connectivity index (χ2v) is 3.95. The minimum Gasteiger partial charge on any atom is -0.487 e. The summed E-state index contributed by atoms with van der Waals surface area (Å²) in [5, 5.41) is 0. The SMILES string of the molecule is C=CC1C=C(OC(C)C)C(OCOC)=CC1. The van der Waals surface area contributed by atoms with Gasteiger partial charge in [-0.2, -0.15) is 0 Å². The molecule has 0 radical (unpaired) electrons. The molecule has 0 aromatic carbocycles. The van der Waals surface area contributed by atoms with E-state index >= 15 is 0 Å².